The molecule has 0 spiro atoms. The zero-order chi connectivity index (χ0) is 21.8. The van der Waals surface area contributed by atoms with E-state index in [0.29, 0.717) is 28.9 Å². The third kappa shape index (κ3) is 4.57. The van der Waals surface area contributed by atoms with Crippen LogP contribution in [0, 0.1) is 0 Å². The molecule has 0 aliphatic carbocycles. The molecule has 31 heavy (non-hydrogen) atoms. The van der Waals surface area contributed by atoms with Gasteiger partial charge in [-0.15, -0.1) is 0 Å². The molecule has 0 atom stereocenters. The van der Waals surface area contributed by atoms with Crippen molar-refractivity contribution in [1.82, 2.24) is 10.3 Å². The number of amides is 2. The molecule has 4 aromatic rings. The van der Waals surface area contributed by atoms with E-state index in [9.17, 15) is 13.2 Å². The summed E-state index contributed by atoms with van der Waals surface area (Å²) in [5.74, 6) is 0.0957. The number of halogens is 1. The largest absolute Gasteiger partial charge is 0.340 e. The molecule has 3 N–H and O–H groups in total. The number of fused-ring (bicyclic) bond motifs is 1. The maximum Gasteiger partial charge on any atom is 0.320 e. The normalized spacial score (nSPS) is 11.4. The van der Waals surface area contributed by atoms with Gasteiger partial charge in [-0.05, 0) is 42.3 Å². The summed E-state index contributed by atoms with van der Waals surface area (Å²) in [7, 11) is -3.91. The third-order valence-corrected chi connectivity index (χ3v) is 6.91. The first-order valence-corrected chi connectivity index (χ1v) is 11.5. The van der Waals surface area contributed by atoms with Gasteiger partial charge in [0.05, 0.1) is 4.90 Å². The van der Waals surface area contributed by atoms with Crippen molar-refractivity contribution in [2.75, 3.05) is 11.9 Å². The van der Waals surface area contributed by atoms with Gasteiger partial charge < -0.3 is 10.3 Å². The summed E-state index contributed by atoms with van der Waals surface area (Å²) in [6.07, 6.45) is 0.658. The van der Waals surface area contributed by atoms with Gasteiger partial charge in [0.15, 0.2) is 0 Å². The Morgan fingerprint density at radius 2 is 1.61 bits per heavy atom. The van der Waals surface area contributed by atoms with E-state index in [2.05, 4.69) is 15.6 Å². The maximum absolute atomic E-state index is 13.4. The molecule has 0 saturated carbocycles. The summed E-state index contributed by atoms with van der Waals surface area (Å²) in [5.41, 5.74) is 1.65. The molecule has 2 amide bonds. The molecule has 4 rings (SSSR count). The molecule has 0 aliphatic heterocycles. The van der Waals surface area contributed by atoms with Gasteiger partial charge in [-0.3, -0.25) is 5.32 Å². The zero-order valence-corrected chi connectivity index (χ0v) is 18.0. The molecule has 6 nitrogen and oxygen atoms in total. The second-order valence-corrected chi connectivity index (χ2v) is 9.27. The fraction of sp³-hybridized carbons (Fsp3) is 0.0870. The Hall–Kier alpha value is -3.29. The van der Waals surface area contributed by atoms with Crippen molar-refractivity contribution in [3.05, 3.63) is 89.4 Å². The van der Waals surface area contributed by atoms with E-state index in [1.165, 1.54) is 12.1 Å². The van der Waals surface area contributed by atoms with Crippen molar-refractivity contribution in [1.29, 1.82) is 0 Å². The minimum absolute atomic E-state index is 0.0191. The molecular weight excluding hydrogens is 434 g/mol. The van der Waals surface area contributed by atoms with Gasteiger partial charge >= 0.3 is 6.03 Å². The number of aromatic amines is 1. The van der Waals surface area contributed by atoms with E-state index in [4.69, 9.17) is 11.6 Å². The smallest absolute Gasteiger partial charge is 0.320 e. The SMILES string of the molecule is O=C(NCCc1ccccc1)Nc1[nH]c2ccc(Cl)cc2c1S(=O)(=O)c1ccccc1. The summed E-state index contributed by atoms with van der Waals surface area (Å²) in [5, 5.41) is 6.23. The first-order valence-electron chi connectivity index (χ1n) is 9.65. The van der Waals surface area contributed by atoms with E-state index in [0.717, 1.165) is 5.56 Å². The Balaban J connectivity index is 1.63. The number of hydrogen-bond donors (Lipinski definition) is 3. The quantitative estimate of drug-likeness (QED) is 0.383. The number of carbonyl (C=O) groups is 1. The standard InChI is InChI=1S/C23H20ClN3O3S/c24-17-11-12-20-19(15-17)21(31(29,30)18-9-5-2-6-10-18)22(26-20)27-23(28)25-14-13-16-7-3-1-4-8-16/h1-12,15,26H,13-14H2,(H2,25,27,28). The zero-order valence-electron chi connectivity index (χ0n) is 16.4. The molecule has 3 aromatic carbocycles. The Morgan fingerprint density at radius 1 is 0.935 bits per heavy atom. The fourth-order valence-electron chi connectivity index (χ4n) is 3.35. The Labute approximate surface area is 185 Å². The van der Waals surface area contributed by atoms with E-state index in [1.807, 2.05) is 30.3 Å². The lowest BCUT2D eigenvalue weighted by Gasteiger charge is -2.10. The topological polar surface area (TPSA) is 91.1 Å². The second-order valence-electron chi connectivity index (χ2n) is 6.95. The fourth-order valence-corrected chi connectivity index (χ4v) is 5.10. The van der Waals surface area contributed by atoms with Crippen LogP contribution in [0.15, 0.2) is 88.7 Å². The van der Waals surface area contributed by atoms with Gasteiger partial charge in [-0.25, -0.2) is 13.2 Å². The van der Waals surface area contributed by atoms with Crippen molar-refractivity contribution < 1.29 is 13.2 Å². The van der Waals surface area contributed by atoms with Crippen LogP contribution >= 0.6 is 11.6 Å². The number of benzene rings is 3. The number of urea groups is 1. The predicted molar refractivity (Wildman–Crippen MR) is 122 cm³/mol. The van der Waals surface area contributed by atoms with Crippen LogP contribution in [0.1, 0.15) is 5.56 Å². The predicted octanol–water partition coefficient (Wildman–Crippen LogP) is 5.02. The van der Waals surface area contributed by atoms with Crippen LogP contribution in [-0.2, 0) is 16.3 Å². The second kappa shape index (κ2) is 8.83. The lowest BCUT2D eigenvalue weighted by Crippen LogP contribution is -2.31. The van der Waals surface area contributed by atoms with Crippen LogP contribution in [0.3, 0.4) is 0 Å². The third-order valence-electron chi connectivity index (χ3n) is 4.82. The van der Waals surface area contributed by atoms with Gasteiger partial charge in [0.2, 0.25) is 9.84 Å². The molecule has 0 unspecified atom stereocenters. The molecule has 0 saturated heterocycles. The van der Waals surface area contributed by atoms with E-state index < -0.39 is 15.9 Å². The van der Waals surface area contributed by atoms with Gasteiger partial charge in [0.25, 0.3) is 0 Å². The van der Waals surface area contributed by atoms with Crippen LogP contribution < -0.4 is 10.6 Å². The molecule has 158 valence electrons. The van der Waals surface area contributed by atoms with Crippen LogP contribution in [0.2, 0.25) is 5.02 Å². The van der Waals surface area contributed by atoms with Crippen LogP contribution in [-0.4, -0.2) is 26.0 Å². The number of aromatic nitrogens is 1. The van der Waals surface area contributed by atoms with Gasteiger partial charge in [-0.1, -0.05) is 60.1 Å². The molecule has 1 heterocycles. The van der Waals surface area contributed by atoms with Crippen LogP contribution in [0.25, 0.3) is 10.9 Å². The summed E-state index contributed by atoms with van der Waals surface area (Å²) in [6.45, 7) is 0.405. The highest BCUT2D eigenvalue weighted by Crippen LogP contribution is 2.36. The molecule has 1 aromatic heterocycles. The molecule has 0 aliphatic rings. The minimum atomic E-state index is -3.91. The lowest BCUT2D eigenvalue weighted by atomic mass is 10.1. The number of rotatable bonds is 6. The monoisotopic (exact) mass is 453 g/mol. The summed E-state index contributed by atoms with van der Waals surface area (Å²) < 4.78 is 26.8. The van der Waals surface area contributed by atoms with E-state index >= 15 is 0 Å². The van der Waals surface area contributed by atoms with Gasteiger partial charge in [-0.2, -0.15) is 0 Å². The van der Waals surface area contributed by atoms with Crippen molar-refractivity contribution in [2.45, 2.75) is 16.2 Å². The van der Waals surface area contributed by atoms with Crippen molar-refractivity contribution in [3.8, 4) is 0 Å². The molecule has 8 heteroatoms. The summed E-state index contributed by atoms with van der Waals surface area (Å²) >= 11 is 6.12. The maximum atomic E-state index is 13.4. The van der Waals surface area contributed by atoms with Crippen molar-refractivity contribution in [2.24, 2.45) is 0 Å². The lowest BCUT2D eigenvalue weighted by molar-refractivity contribution is 0.252. The highest BCUT2D eigenvalue weighted by molar-refractivity contribution is 7.92. The van der Waals surface area contributed by atoms with Gasteiger partial charge in [0, 0.05) is 22.5 Å². The summed E-state index contributed by atoms with van der Waals surface area (Å²) in [4.78, 5) is 15.6. The van der Waals surface area contributed by atoms with Crippen molar-refractivity contribution in [3.63, 3.8) is 0 Å². The average Bonchev–Trinajstić information content (AvgIpc) is 3.12. The molecule has 0 radical (unpaired) electrons. The number of nitrogens with one attached hydrogen (secondary N) is 3. The Morgan fingerprint density at radius 3 is 2.32 bits per heavy atom. The van der Waals surface area contributed by atoms with Crippen LogP contribution in [0.4, 0.5) is 10.6 Å². The van der Waals surface area contributed by atoms with E-state index in [1.54, 1.807) is 36.4 Å². The van der Waals surface area contributed by atoms with Gasteiger partial charge in [0.1, 0.15) is 10.7 Å². The number of carbonyl (C=O) groups excluding carboxylic acids is 1. The number of anilines is 1. The van der Waals surface area contributed by atoms with E-state index in [-0.39, 0.29) is 15.6 Å². The first kappa shape index (κ1) is 21.0. The Bertz CT molecular complexity index is 1320. The number of sulfone groups is 1. The highest BCUT2D eigenvalue weighted by atomic mass is 35.5. The first-order chi connectivity index (χ1) is 14.9. The average molecular weight is 454 g/mol. The molecule has 0 fully saturated rings. The van der Waals surface area contributed by atoms with Crippen LogP contribution in [0.5, 0.6) is 0 Å². The highest BCUT2D eigenvalue weighted by Gasteiger charge is 2.27. The van der Waals surface area contributed by atoms with Crippen molar-refractivity contribution >= 4 is 44.2 Å². The summed E-state index contributed by atoms with van der Waals surface area (Å²) in [6, 6.07) is 22.2. The molecular formula is C23H20ClN3O3S. The number of H-pyrrole nitrogens is 1. The Kier molecular flexibility index (Phi) is 5.97. The molecule has 0 bridgehead atoms. The number of hydrogen-bond acceptors (Lipinski definition) is 3. The minimum Gasteiger partial charge on any atom is -0.340 e.